The van der Waals surface area contributed by atoms with E-state index in [2.05, 4.69) is 25.9 Å². The molecule has 0 aliphatic carbocycles. The van der Waals surface area contributed by atoms with Crippen LogP contribution in [-0.2, 0) is 13.0 Å². The van der Waals surface area contributed by atoms with Crippen molar-refractivity contribution in [3.8, 4) is 0 Å². The summed E-state index contributed by atoms with van der Waals surface area (Å²) in [5.41, 5.74) is 4.34. The molecule has 0 atom stereocenters. The Morgan fingerprint density at radius 1 is 1.33 bits per heavy atom. The van der Waals surface area contributed by atoms with Crippen LogP contribution in [0, 0.1) is 6.92 Å². The molecule has 2 aromatic rings. The topological polar surface area (TPSA) is 102 Å². The molecule has 0 aliphatic heterocycles. The number of nitrogens with zero attached hydrogens (tertiary/aromatic N) is 3. The van der Waals surface area contributed by atoms with E-state index in [1.165, 1.54) is 6.33 Å². The quantitative estimate of drug-likeness (QED) is 0.540. The molecule has 7 nitrogen and oxygen atoms in total. The third-order valence-corrected chi connectivity index (χ3v) is 2.55. The molecule has 18 heavy (non-hydrogen) atoms. The minimum atomic E-state index is 0.547. The molecule has 0 saturated carbocycles. The minimum Gasteiger partial charge on any atom is -0.364 e. The average molecular weight is 248 g/mol. The van der Waals surface area contributed by atoms with E-state index in [0.717, 1.165) is 29.3 Å². The maximum absolute atomic E-state index is 5.41. The Morgan fingerprint density at radius 2 is 2.11 bits per heavy atom. The molecule has 4 N–H and O–H groups in total. The Kier molecular flexibility index (Phi) is 3.73. The third-order valence-electron chi connectivity index (χ3n) is 2.55. The molecule has 2 aromatic heterocycles. The number of hydrogen-bond donors (Lipinski definition) is 3. The average Bonchev–Trinajstić information content (AvgIpc) is 2.81. The first-order valence-corrected chi connectivity index (χ1v) is 5.71. The lowest BCUT2D eigenvalue weighted by molar-refractivity contribution is 0.391. The number of nitrogen functional groups attached to an aromatic ring is 1. The van der Waals surface area contributed by atoms with Gasteiger partial charge in [-0.25, -0.2) is 15.8 Å². The van der Waals surface area contributed by atoms with Crippen molar-refractivity contribution in [2.75, 3.05) is 10.7 Å². The third kappa shape index (κ3) is 2.57. The van der Waals surface area contributed by atoms with Crippen molar-refractivity contribution in [2.45, 2.75) is 26.8 Å². The van der Waals surface area contributed by atoms with Gasteiger partial charge >= 0.3 is 0 Å². The Hall–Kier alpha value is -2.15. The SMILES string of the molecule is CCc1c(NN)ncnc1NCc1cc(C)on1. The van der Waals surface area contributed by atoms with E-state index >= 15 is 0 Å². The lowest BCUT2D eigenvalue weighted by atomic mass is 10.2. The molecule has 0 spiro atoms. The Morgan fingerprint density at radius 3 is 2.72 bits per heavy atom. The smallest absolute Gasteiger partial charge is 0.148 e. The Balaban J connectivity index is 2.13. The fourth-order valence-electron chi connectivity index (χ4n) is 1.70. The monoisotopic (exact) mass is 248 g/mol. The number of hydrogen-bond acceptors (Lipinski definition) is 7. The van der Waals surface area contributed by atoms with Gasteiger partial charge in [0, 0.05) is 11.6 Å². The minimum absolute atomic E-state index is 0.547. The van der Waals surface area contributed by atoms with E-state index in [-0.39, 0.29) is 0 Å². The normalized spacial score (nSPS) is 10.4. The van der Waals surface area contributed by atoms with Gasteiger partial charge in [-0.15, -0.1) is 0 Å². The highest BCUT2D eigenvalue weighted by atomic mass is 16.5. The molecular formula is C11H16N6O. The molecule has 96 valence electrons. The molecule has 0 aliphatic rings. The van der Waals surface area contributed by atoms with Gasteiger partial charge in [-0.1, -0.05) is 12.1 Å². The molecule has 0 saturated heterocycles. The summed E-state index contributed by atoms with van der Waals surface area (Å²) in [6, 6.07) is 1.88. The second kappa shape index (κ2) is 5.46. The van der Waals surface area contributed by atoms with Crippen LogP contribution in [0.1, 0.15) is 23.9 Å². The largest absolute Gasteiger partial charge is 0.364 e. The summed E-state index contributed by atoms with van der Waals surface area (Å²) < 4.78 is 5.00. The first-order valence-electron chi connectivity index (χ1n) is 5.71. The first-order chi connectivity index (χ1) is 8.74. The molecule has 0 unspecified atom stereocenters. The standard InChI is InChI=1S/C11H16N6O/c1-3-9-10(14-6-15-11(9)16-12)13-5-8-4-7(2)18-17-8/h4,6H,3,5,12H2,1-2H3,(H2,13,14,15,16). The van der Waals surface area contributed by atoms with Crippen molar-refractivity contribution < 1.29 is 4.52 Å². The molecule has 0 radical (unpaired) electrons. The van der Waals surface area contributed by atoms with Crippen LogP contribution in [0.3, 0.4) is 0 Å². The van der Waals surface area contributed by atoms with E-state index < -0.39 is 0 Å². The predicted octanol–water partition coefficient (Wildman–Crippen LogP) is 1.23. The van der Waals surface area contributed by atoms with Gasteiger partial charge in [0.1, 0.15) is 29.4 Å². The summed E-state index contributed by atoms with van der Waals surface area (Å²) in [6.45, 7) is 4.42. The number of nitrogens with two attached hydrogens (primary N) is 1. The summed E-state index contributed by atoms with van der Waals surface area (Å²) >= 11 is 0. The van der Waals surface area contributed by atoms with Crippen LogP contribution >= 0.6 is 0 Å². The van der Waals surface area contributed by atoms with E-state index in [4.69, 9.17) is 10.4 Å². The lowest BCUT2D eigenvalue weighted by Gasteiger charge is -2.11. The van der Waals surface area contributed by atoms with Crippen molar-refractivity contribution in [3.63, 3.8) is 0 Å². The van der Waals surface area contributed by atoms with E-state index in [0.29, 0.717) is 12.4 Å². The van der Waals surface area contributed by atoms with E-state index in [1.807, 2.05) is 19.9 Å². The van der Waals surface area contributed by atoms with Crippen molar-refractivity contribution in [1.29, 1.82) is 0 Å². The van der Waals surface area contributed by atoms with Gasteiger partial charge in [-0.2, -0.15) is 0 Å². The van der Waals surface area contributed by atoms with Crippen LogP contribution in [0.5, 0.6) is 0 Å². The summed E-state index contributed by atoms with van der Waals surface area (Å²) in [5, 5.41) is 7.11. The first kappa shape index (κ1) is 12.3. The highest BCUT2D eigenvalue weighted by Crippen LogP contribution is 2.20. The number of hydrazine groups is 1. The van der Waals surface area contributed by atoms with Gasteiger partial charge < -0.3 is 15.3 Å². The molecule has 0 amide bonds. The highest BCUT2D eigenvalue weighted by molar-refractivity contribution is 5.56. The zero-order valence-corrected chi connectivity index (χ0v) is 10.4. The van der Waals surface area contributed by atoms with Crippen LogP contribution in [0.4, 0.5) is 11.6 Å². The van der Waals surface area contributed by atoms with E-state index in [1.54, 1.807) is 0 Å². The zero-order chi connectivity index (χ0) is 13.0. The molecule has 7 heteroatoms. The van der Waals surface area contributed by atoms with Crippen molar-refractivity contribution >= 4 is 11.6 Å². The summed E-state index contributed by atoms with van der Waals surface area (Å²) in [5.74, 6) is 7.58. The molecule has 0 aromatic carbocycles. The maximum Gasteiger partial charge on any atom is 0.148 e. The summed E-state index contributed by atoms with van der Waals surface area (Å²) in [7, 11) is 0. The predicted molar refractivity (Wildman–Crippen MR) is 67.8 cm³/mol. The highest BCUT2D eigenvalue weighted by Gasteiger charge is 2.09. The van der Waals surface area contributed by atoms with Gasteiger partial charge in [0.05, 0.1) is 6.54 Å². The molecular weight excluding hydrogens is 232 g/mol. The maximum atomic E-state index is 5.41. The molecule has 2 heterocycles. The molecule has 2 rings (SSSR count). The van der Waals surface area contributed by atoms with Crippen LogP contribution in [0.2, 0.25) is 0 Å². The van der Waals surface area contributed by atoms with Crippen LogP contribution in [0.25, 0.3) is 0 Å². The number of nitrogens with one attached hydrogen (secondary N) is 2. The van der Waals surface area contributed by atoms with Crippen molar-refractivity contribution in [3.05, 3.63) is 29.4 Å². The number of aromatic nitrogens is 3. The Bertz CT molecular complexity index is 524. The van der Waals surface area contributed by atoms with Gasteiger partial charge in [0.2, 0.25) is 0 Å². The van der Waals surface area contributed by atoms with Crippen LogP contribution in [0.15, 0.2) is 16.9 Å². The van der Waals surface area contributed by atoms with Crippen molar-refractivity contribution in [1.82, 2.24) is 15.1 Å². The number of rotatable bonds is 5. The second-order valence-electron chi connectivity index (χ2n) is 3.83. The zero-order valence-electron chi connectivity index (χ0n) is 10.4. The van der Waals surface area contributed by atoms with Gasteiger partial charge in [-0.05, 0) is 13.3 Å². The second-order valence-corrected chi connectivity index (χ2v) is 3.83. The molecule has 0 bridgehead atoms. The molecule has 0 fully saturated rings. The van der Waals surface area contributed by atoms with Gasteiger partial charge in [0.15, 0.2) is 0 Å². The van der Waals surface area contributed by atoms with Gasteiger partial charge in [0.25, 0.3) is 0 Å². The lowest BCUT2D eigenvalue weighted by Crippen LogP contribution is -2.14. The van der Waals surface area contributed by atoms with Gasteiger partial charge in [-0.3, -0.25) is 0 Å². The fraction of sp³-hybridized carbons (Fsp3) is 0.364. The van der Waals surface area contributed by atoms with Crippen LogP contribution in [-0.4, -0.2) is 15.1 Å². The van der Waals surface area contributed by atoms with E-state index in [9.17, 15) is 0 Å². The fourth-order valence-corrected chi connectivity index (χ4v) is 1.70. The summed E-state index contributed by atoms with van der Waals surface area (Å²) in [4.78, 5) is 8.27. The number of aryl methyl sites for hydroxylation is 1. The number of anilines is 2. The Labute approximate surface area is 105 Å². The van der Waals surface area contributed by atoms with Crippen LogP contribution < -0.4 is 16.6 Å². The van der Waals surface area contributed by atoms with Crippen molar-refractivity contribution in [2.24, 2.45) is 5.84 Å². The summed E-state index contributed by atoms with van der Waals surface area (Å²) in [6.07, 6.45) is 2.24.